The zero-order chi connectivity index (χ0) is 19.3. The third kappa shape index (κ3) is 3.83. The number of benzene rings is 2. The van der Waals surface area contributed by atoms with Crippen molar-refractivity contribution < 1.29 is 14.3 Å². The van der Waals surface area contributed by atoms with Crippen molar-refractivity contribution in [3.05, 3.63) is 72.1 Å². The molecule has 28 heavy (non-hydrogen) atoms. The standard InChI is InChI=1S/C21H22N4O3/c1-2-27-20-11-7-6-10-19(20)21(26)24-13-17(14-24)25-12-16(22-23-25)15-28-18-8-4-3-5-9-18/h3-12,17H,2,13-15H2,1H3. The number of hydrogen-bond donors (Lipinski definition) is 0. The largest absolute Gasteiger partial charge is 0.493 e. The Labute approximate surface area is 163 Å². The molecule has 1 saturated heterocycles. The summed E-state index contributed by atoms with van der Waals surface area (Å²) >= 11 is 0. The Hall–Kier alpha value is -3.35. The lowest BCUT2D eigenvalue weighted by molar-refractivity contribution is 0.0494. The van der Waals surface area contributed by atoms with Crippen LogP contribution in [-0.4, -0.2) is 45.5 Å². The van der Waals surface area contributed by atoms with Gasteiger partial charge in [0.2, 0.25) is 0 Å². The number of nitrogens with zero attached hydrogens (tertiary/aromatic N) is 4. The lowest BCUT2D eigenvalue weighted by Crippen LogP contribution is -2.51. The molecule has 0 radical (unpaired) electrons. The molecule has 1 aliphatic rings. The Morgan fingerprint density at radius 2 is 1.82 bits per heavy atom. The molecule has 0 atom stereocenters. The zero-order valence-electron chi connectivity index (χ0n) is 15.7. The van der Waals surface area contributed by atoms with Crippen LogP contribution in [-0.2, 0) is 6.61 Å². The van der Waals surface area contributed by atoms with E-state index in [0.717, 1.165) is 11.4 Å². The number of carbonyl (C=O) groups excluding carboxylic acids is 1. The van der Waals surface area contributed by atoms with Crippen molar-refractivity contribution in [3.8, 4) is 11.5 Å². The van der Waals surface area contributed by atoms with Gasteiger partial charge in [-0.05, 0) is 31.2 Å². The molecular formula is C21H22N4O3. The Kier molecular flexibility index (Phi) is 5.23. The molecule has 1 fully saturated rings. The van der Waals surface area contributed by atoms with E-state index in [4.69, 9.17) is 9.47 Å². The van der Waals surface area contributed by atoms with Gasteiger partial charge in [-0.3, -0.25) is 4.79 Å². The maximum Gasteiger partial charge on any atom is 0.257 e. The highest BCUT2D eigenvalue weighted by molar-refractivity contribution is 5.97. The van der Waals surface area contributed by atoms with Gasteiger partial charge in [-0.25, -0.2) is 4.68 Å². The van der Waals surface area contributed by atoms with E-state index in [0.29, 0.717) is 37.6 Å². The van der Waals surface area contributed by atoms with Gasteiger partial charge in [-0.15, -0.1) is 5.10 Å². The number of amides is 1. The summed E-state index contributed by atoms with van der Waals surface area (Å²) < 4.78 is 13.1. The summed E-state index contributed by atoms with van der Waals surface area (Å²) in [5, 5.41) is 8.35. The quantitative estimate of drug-likeness (QED) is 0.632. The first-order chi connectivity index (χ1) is 13.7. The maximum atomic E-state index is 12.7. The molecule has 1 aromatic heterocycles. The second-order valence-corrected chi connectivity index (χ2v) is 6.58. The minimum absolute atomic E-state index is 0.0203. The molecule has 2 heterocycles. The van der Waals surface area contributed by atoms with Crippen LogP contribution in [0.3, 0.4) is 0 Å². The first-order valence-corrected chi connectivity index (χ1v) is 9.34. The molecule has 3 aromatic rings. The van der Waals surface area contributed by atoms with Gasteiger partial charge in [0.25, 0.3) is 5.91 Å². The Morgan fingerprint density at radius 3 is 2.61 bits per heavy atom. The fourth-order valence-corrected chi connectivity index (χ4v) is 3.12. The van der Waals surface area contributed by atoms with Gasteiger partial charge in [0.15, 0.2) is 0 Å². The summed E-state index contributed by atoms with van der Waals surface area (Å²) in [4.78, 5) is 14.5. The molecule has 0 N–H and O–H groups in total. The number of para-hydroxylation sites is 2. The molecule has 7 nitrogen and oxygen atoms in total. The summed E-state index contributed by atoms with van der Waals surface area (Å²) in [6.45, 7) is 3.99. The Bertz CT molecular complexity index is 936. The Balaban J connectivity index is 1.33. The number of carbonyl (C=O) groups is 1. The molecule has 0 unspecified atom stereocenters. The summed E-state index contributed by atoms with van der Waals surface area (Å²) in [6, 6.07) is 17.1. The summed E-state index contributed by atoms with van der Waals surface area (Å²) in [5.41, 5.74) is 1.36. The predicted octanol–water partition coefficient (Wildman–Crippen LogP) is 2.95. The van der Waals surface area contributed by atoms with Crippen LogP contribution in [0.1, 0.15) is 29.0 Å². The molecule has 1 amide bonds. The SMILES string of the molecule is CCOc1ccccc1C(=O)N1CC(n2cc(COc3ccccc3)nn2)C1. The van der Waals surface area contributed by atoms with E-state index in [1.165, 1.54) is 0 Å². The second-order valence-electron chi connectivity index (χ2n) is 6.58. The van der Waals surface area contributed by atoms with Gasteiger partial charge < -0.3 is 14.4 Å². The molecule has 144 valence electrons. The van der Waals surface area contributed by atoms with Gasteiger partial charge >= 0.3 is 0 Å². The molecule has 7 heteroatoms. The zero-order valence-corrected chi connectivity index (χ0v) is 15.7. The van der Waals surface area contributed by atoms with Crippen molar-refractivity contribution in [1.29, 1.82) is 0 Å². The number of rotatable bonds is 7. The van der Waals surface area contributed by atoms with Crippen LogP contribution in [0.15, 0.2) is 60.8 Å². The third-order valence-electron chi connectivity index (χ3n) is 4.63. The van der Waals surface area contributed by atoms with E-state index >= 15 is 0 Å². The Morgan fingerprint density at radius 1 is 1.07 bits per heavy atom. The van der Waals surface area contributed by atoms with Crippen molar-refractivity contribution >= 4 is 5.91 Å². The summed E-state index contributed by atoms with van der Waals surface area (Å²) in [6.07, 6.45) is 1.88. The van der Waals surface area contributed by atoms with Gasteiger partial charge in [0.1, 0.15) is 23.8 Å². The molecule has 0 spiro atoms. The number of hydrogen-bond acceptors (Lipinski definition) is 5. The van der Waals surface area contributed by atoms with Crippen LogP contribution in [0, 0.1) is 0 Å². The van der Waals surface area contributed by atoms with Gasteiger partial charge in [-0.1, -0.05) is 35.5 Å². The van der Waals surface area contributed by atoms with E-state index in [1.54, 1.807) is 11.0 Å². The number of likely N-dealkylation sites (tertiary alicyclic amines) is 1. The second kappa shape index (κ2) is 8.12. The highest BCUT2D eigenvalue weighted by Gasteiger charge is 2.34. The summed E-state index contributed by atoms with van der Waals surface area (Å²) in [5.74, 6) is 1.40. The van der Waals surface area contributed by atoms with E-state index < -0.39 is 0 Å². The predicted molar refractivity (Wildman–Crippen MR) is 103 cm³/mol. The van der Waals surface area contributed by atoms with Crippen LogP contribution in [0.5, 0.6) is 11.5 Å². The smallest absolute Gasteiger partial charge is 0.257 e. The van der Waals surface area contributed by atoms with Crippen LogP contribution in [0.2, 0.25) is 0 Å². The van der Waals surface area contributed by atoms with Crippen LogP contribution in [0.4, 0.5) is 0 Å². The van der Waals surface area contributed by atoms with E-state index in [2.05, 4.69) is 10.3 Å². The van der Waals surface area contributed by atoms with Crippen molar-refractivity contribution in [3.63, 3.8) is 0 Å². The number of aromatic nitrogens is 3. The molecule has 0 bridgehead atoms. The molecule has 0 saturated carbocycles. The first-order valence-electron chi connectivity index (χ1n) is 9.34. The van der Waals surface area contributed by atoms with E-state index in [9.17, 15) is 4.79 Å². The third-order valence-corrected chi connectivity index (χ3v) is 4.63. The molecule has 4 rings (SSSR count). The fourth-order valence-electron chi connectivity index (χ4n) is 3.12. The van der Waals surface area contributed by atoms with E-state index in [-0.39, 0.29) is 11.9 Å². The topological polar surface area (TPSA) is 69.5 Å². The van der Waals surface area contributed by atoms with Crippen LogP contribution < -0.4 is 9.47 Å². The van der Waals surface area contributed by atoms with E-state index in [1.807, 2.05) is 66.3 Å². The monoisotopic (exact) mass is 378 g/mol. The molecule has 0 aliphatic carbocycles. The highest BCUT2D eigenvalue weighted by Crippen LogP contribution is 2.26. The van der Waals surface area contributed by atoms with Crippen molar-refractivity contribution in [1.82, 2.24) is 19.9 Å². The minimum Gasteiger partial charge on any atom is -0.493 e. The van der Waals surface area contributed by atoms with Gasteiger partial charge in [-0.2, -0.15) is 0 Å². The lowest BCUT2D eigenvalue weighted by atomic mass is 10.1. The highest BCUT2D eigenvalue weighted by atomic mass is 16.5. The van der Waals surface area contributed by atoms with Crippen LogP contribution >= 0.6 is 0 Å². The van der Waals surface area contributed by atoms with Crippen molar-refractivity contribution in [2.24, 2.45) is 0 Å². The van der Waals surface area contributed by atoms with Crippen molar-refractivity contribution in [2.75, 3.05) is 19.7 Å². The average Bonchev–Trinajstić information content (AvgIpc) is 3.15. The minimum atomic E-state index is -0.0203. The normalized spacial score (nSPS) is 13.8. The van der Waals surface area contributed by atoms with Crippen molar-refractivity contribution in [2.45, 2.75) is 19.6 Å². The lowest BCUT2D eigenvalue weighted by Gasteiger charge is -2.39. The molecule has 2 aromatic carbocycles. The average molecular weight is 378 g/mol. The summed E-state index contributed by atoms with van der Waals surface area (Å²) in [7, 11) is 0. The fraction of sp³-hybridized carbons (Fsp3) is 0.286. The molecule has 1 aliphatic heterocycles. The molecular weight excluding hydrogens is 356 g/mol. The van der Waals surface area contributed by atoms with Gasteiger partial charge in [0.05, 0.1) is 24.4 Å². The number of ether oxygens (including phenoxy) is 2. The maximum absolute atomic E-state index is 12.7. The van der Waals surface area contributed by atoms with Crippen LogP contribution in [0.25, 0.3) is 0 Å². The first kappa shape index (κ1) is 18.0. The van der Waals surface area contributed by atoms with Gasteiger partial charge in [0, 0.05) is 13.1 Å².